The number of hydrogen-bond acceptors (Lipinski definition) is 3. The summed E-state index contributed by atoms with van der Waals surface area (Å²) < 4.78 is 0. The van der Waals surface area contributed by atoms with E-state index < -0.39 is 0 Å². The second-order valence-corrected chi connectivity index (χ2v) is 6.05. The van der Waals surface area contributed by atoms with Gasteiger partial charge in [0.05, 0.1) is 6.04 Å². The van der Waals surface area contributed by atoms with Gasteiger partial charge in [-0.2, -0.15) is 11.8 Å². The number of hydrogen-bond donors (Lipinski definition) is 1. The molecule has 0 aromatic rings. The molecule has 84 valence electrons. The first-order valence-corrected chi connectivity index (χ1v) is 7.11. The monoisotopic (exact) mass is 226 g/mol. The fraction of sp³-hybridized carbons (Fsp3) is 0.909. The summed E-state index contributed by atoms with van der Waals surface area (Å²) >= 11 is 1.90. The first kappa shape index (κ1) is 9.97. The number of carbonyl (C=O) groups is 1. The standard InChI is InChI=1S/C11H18N2OS/c14-11(10-7-15-4-3-12-10)13-6-8-1-2-9(13)5-8/h8-10,12H,1-7H2. The molecule has 0 radical (unpaired) electrons. The quantitative estimate of drug-likeness (QED) is 0.714. The minimum Gasteiger partial charge on any atom is -0.338 e. The first-order valence-electron chi connectivity index (χ1n) is 5.96. The van der Waals surface area contributed by atoms with Gasteiger partial charge in [0.15, 0.2) is 0 Å². The van der Waals surface area contributed by atoms with Crippen LogP contribution in [0.3, 0.4) is 0 Å². The second-order valence-electron chi connectivity index (χ2n) is 4.91. The van der Waals surface area contributed by atoms with Crippen molar-refractivity contribution in [2.45, 2.75) is 31.3 Å². The Morgan fingerprint density at radius 3 is 2.93 bits per heavy atom. The summed E-state index contributed by atoms with van der Waals surface area (Å²) in [7, 11) is 0. The molecule has 0 aromatic heterocycles. The number of amides is 1. The van der Waals surface area contributed by atoms with E-state index in [2.05, 4.69) is 10.2 Å². The summed E-state index contributed by atoms with van der Waals surface area (Å²) in [5.74, 6) is 3.30. The normalized spacial score (nSPS) is 39.7. The molecule has 1 saturated carbocycles. The van der Waals surface area contributed by atoms with Gasteiger partial charge in [-0.1, -0.05) is 0 Å². The number of carbonyl (C=O) groups excluding carboxylic acids is 1. The molecule has 3 unspecified atom stereocenters. The molecule has 3 aliphatic rings. The molecule has 2 heterocycles. The number of nitrogens with one attached hydrogen (secondary N) is 1. The predicted molar refractivity (Wildman–Crippen MR) is 62.0 cm³/mol. The highest BCUT2D eigenvalue weighted by Gasteiger charge is 2.42. The molecule has 1 amide bonds. The van der Waals surface area contributed by atoms with E-state index in [1.807, 2.05) is 11.8 Å². The molecule has 1 aliphatic carbocycles. The molecule has 2 bridgehead atoms. The van der Waals surface area contributed by atoms with Gasteiger partial charge in [0, 0.05) is 30.6 Å². The minimum absolute atomic E-state index is 0.100. The van der Waals surface area contributed by atoms with Crippen LogP contribution in [0, 0.1) is 5.92 Å². The van der Waals surface area contributed by atoms with Crippen LogP contribution in [0.5, 0.6) is 0 Å². The van der Waals surface area contributed by atoms with Crippen molar-refractivity contribution < 1.29 is 4.79 Å². The van der Waals surface area contributed by atoms with E-state index in [0.717, 1.165) is 30.5 Å². The van der Waals surface area contributed by atoms with Crippen LogP contribution in [-0.2, 0) is 4.79 Å². The first-order chi connectivity index (χ1) is 7.34. The number of nitrogens with zero attached hydrogens (tertiary/aromatic N) is 1. The lowest BCUT2D eigenvalue weighted by molar-refractivity contribution is -0.134. The van der Waals surface area contributed by atoms with Gasteiger partial charge in [-0.15, -0.1) is 0 Å². The Bertz CT molecular complexity index is 265. The van der Waals surface area contributed by atoms with Gasteiger partial charge in [-0.05, 0) is 25.2 Å². The molecule has 2 aliphatic heterocycles. The molecular formula is C11H18N2OS. The number of likely N-dealkylation sites (tertiary alicyclic amines) is 1. The van der Waals surface area contributed by atoms with Crippen molar-refractivity contribution in [3.05, 3.63) is 0 Å². The molecule has 3 rings (SSSR count). The van der Waals surface area contributed by atoms with E-state index in [9.17, 15) is 4.79 Å². The van der Waals surface area contributed by atoms with E-state index in [0.29, 0.717) is 11.9 Å². The number of rotatable bonds is 1. The lowest BCUT2D eigenvalue weighted by Crippen LogP contribution is -2.52. The summed E-state index contributed by atoms with van der Waals surface area (Å²) in [4.78, 5) is 14.4. The summed E-state index contributed by atoms with van der Waals surface area (Å²) in [6.45, 7) is 2.02. The Morgan fingerprint density at radius 2 is 2.33 bits per heavy atom. The molecule has 3 nitrogen and oxygen atoms in total. The van der Waals surface area contributed by atoms with Crippen LogP contribution >= 0.6 is 11.8 Å². The van der Waals surface area contributed by atoms with Crippen molar-refractivity contribution in [3.8, 4) is 0 Å². The van der Waals surface area contributed by atoms with Crippen molar-refractivity contribution in [1.82, 2.24) is 10.2 Å². The van der Waals surface area contributed by atoms with Crippen LogP contribution in [0.2, 0.25) is 0 Å². The van der Waals surface area contributed by atoms with E-state index >= 15 is 0 Å². The average molecular weight is 226 g/mol. The molecule has 4 heteroatoms. The predicted octanol–water partition coefficient (Wildman–Crippen LogP) is 0.702. The van der Waals surface area contributed by atoms with Crippen LogP contribution in [-0.4, -0.2) is 47.5 Å². The summed E-state index contributed by atoms with van der Waals surface area (Å²) in [6.07, 6.45) is 3.86. The minimum atomic E-state index is 0.100. The van der Waals surface area contributed by atoms with Crippen LogP contribution in [0.1, 0.15) is 19.3 Å². The molecular weight excluding hydrogens is 208 g/mol. The maximum Gasteiger partial charge on any atom is 0.240 e. The van der Waals surface area contributed by atoms with Crippen molar-refractivity contribution in [3.63, 3.8) is 0 Å². The number of piperidine rings is 1. The van der Waals surface area contributed by atoms with Crippen LogP contribution in [0.15, 0.2) is 0 Å². The molecule has 3 fully saturated rings. The Morgan fingerprint density at radius 1 is 1.40 bits per heavy atom. The Kier molecular flexibility index (Phi) is 2.64. The van der Waals surface area contributed by atoms with Crippen LogP contribution in [0.4, 0.5) is 0 Å². The second kappa shape index (κ2) is 3.98. The zero-order valence-corrected chi connectivity index (χ0v) is 9.76. The van der Waals surface area contributed by atoms with Gasteiger partial charge >= 0.3 is 0 Å². The van der Waals surface area contributed by atoms with E-state index in [4.69, 9.17) is 0 Å². The maximum absolute atomic E-state index is 12.2. The Balaban J connectivity index is 1.64. The third-order valence-corrected chi connectivity index (χ3v) is 4.97. The number of fused-ring (bicyclic) bond motifs is 2. The summed E-state index contributed by atoms with van der Waals surface area (Å²) in [5.41, 5.74) is 0. The zero-order chi connectivity index (χ0) is 10.3. The van der Waals surface area contributed by atoms with E-state index in [1.165, 1.54) is 19.3 Å². The molecule has 0 aromatic carbocycles. The summed E-state index contributed by atoms with van der Waals surface area (Å²) in [5, 5.41) is 3.34. The van der Waals surface area contributed by atoms with Gasteiger partial charge in [-0.3, -0.25) is 4.79 Å². The topological polar surface area (TPSA) is 32.3 Å². The van der Waals surface area contributed by atoms with Gasteiger partial charge in [0.25, 0.3) is 0 Å². The third-order valence-electron chi connectivity index (χ3n) is 3.91. The molecule has 1 N–H and O–H groups in total. The lowest BCUT2D eigenvalue weighted by Gasteiger charge is -2.32. The van der Waals surface area contributed by atoms with E-state index in [1.54, 1.807) is 0 Å². The molecule has 15 heavy (non-hydrogen) atoms. The fourth-order valence-electron chi connectivity index (χ4n) is 3.12. The van der Waals surface area contributed by atoms with Gasteiger partial charge < -0.3 is 10.2 Å². The van der Waals surface area contributed by atoms with E-state index in [-0.39, 0.29) is 6.04 Å². The third kappa shape index (κ3) is 1.78. The smallest absolute Gasteiger partial charge is 0.240 e. The van der Waals surface area contributed by atoms with Crippen LogP contribution in [0.25, 0.3) is 0 Å². The van der Waals surface area contributed by atoms with Crippen LogP contribution < -0.4 is 5.32 Å². The fourth-order valence-corrected chi connectivity index (χ4v) is 4.04. The van der Waals surface area contributed by atoms with Crippen molar-refractivity contribution >= 4 is 17.7 Å². The summed E-state index contributed by atoms with van der Waals surface area (Å²) in [6, 6.07) is 0.680. The maximum atomic E-state index is 12.2. The number of thioether (sulfide) groups is 1. The van der Waals surface area contributed by atoms with Gasteiger partial charge in [-0.25, -0.2) is 0 Å². The Labute approximate surface area is 95.0 Å². The lowest BCUT2D eigenvalue weighted by atomic mass is 10.1. The highest BCUT2D eigenvalue weighted by Crippen LogP contribution is 2.37. The van der Waals surface area contributed by atoms with Crippen molar-refractivity contribution in [2.75, 3.05) is 24.6 Å². The largest absolute Gasteiger partial charge is 0.338 e. The highest BCUT2D eigenvalue weighted by atomic mass is 32.2. The molecule has 3 atom stereocenters. The average Bonchev–Trinajstić information content (AvgIpc) is 2.91. The molecule has 0 spiro atoms. The van der Waals surface area contributed by atoms with Crippen molar-refractivity contribution in [2.24, 2.45) is 5.92 Å². The van der Waals surface area contributed by atoms with Gasteiger partial charge in [0.2, 0.25) is 5.91 Å². The van der Waals surface area contributed by atoms with Gasteiger partial charge in [0.1, 0.15) is 0 Å². The van der Waals surface area contributed by atoms with Crippen molar-refractivity contribution in [1.29, 1.82) is 0 Å². The molecule has 2 saturated heterocycles. The zero-order valence-electron chi connectivity index (χ0n) is 8.95. The SMILES string of the molecule is O=C(C1CSCCN1)N1CC2CCC1C2. The highest BCUT2D eigenvalue weighted by molar-refractivity contribution is 7.99. The Hall–Kier alpha value is -0.220.